The summed E-state index contributed by atoms with van der Waals surface area (Å²) < 4.78 is 0. The van der Waals surface area contributed by atoms with Crippen molar-refractivity contribution in [2.45, 2.75) is 39.5 Å². The fourth-order valence-electron chi connectivity index (χ4n) is 0.831. The van der Waals surface area contributed by atoms with Gasteiger partial charge in [-0.1, -0.05) is 39.5 Å². The molecule has 0 spiro atoms. The molecule has 0 aliphatic heterocycles. The Morgan fingerprint density at radius 2 is 1.70 bits per heavy atom. The summed E-state index contributed by atoms with van der Waals surface area (Å²) in [5.41, 5.74) is 0. The SMILES string of the molecule is CC(C)CCCCC[O-].[K+]. The molecule has 0 rings (SSSR count). The summed E-state index contributed by atoms with van der Waals surface area (Å²) in [5, 5.41) is 9.97. The molecule has 0 heterocycles. The van der Waals surface area contributed by atoms with Crippen molar-refractivity contribution in [3.05, 3.63) is 0 Å². The third-order valence-corrected chi connectivity index (χ3v) is 1.43. The van der Waals surface area contributed by atoms with Gasteiger partial charge in [0.15, 0.2) is 0 Å². The largest absolute Gasteiger partial charge is 1.00 e. The molecule has 0 amide bonds. The summed E-state index contributed by atoms with van der Waals surface area (Å²) in [6.07, 6.45) is 4.51. The molecule has 0 aromatic heterocycles. The molecule has 10 heavy (non-hydrogen) atoms. The van der Waals surface area contributed by atoms with E-state index < -0.39 is 0 Å². The van der Waals surface area contributed by atoms with Gasteiger partial charge in [-0.25, -0.2) is 0 Å². The molecule has 0 aliphatic rings. The quantitative estimate of drug-likeness (QED) is 0.364. The molecule has 0 saturated heterocycles. The number of unbranched alkanes of at least 4 members (excludes halogenated alkanes) is 2. The van der Waals surface area contributed by atoms with Crippen LogP contribution in [0.2, 0.25) is 0 Å². The number of hydrogen-bond acceptors (Lipinski definition) is 1. The second-order valence-electron chi connectivity index (χ2n) is 2.95. The molecular weight excluding hydrogens is 151 g/mol. The van der Waals surface area contributed by atoms with Crippen LogP contribution < -0.4 is 56.5 Å². The summed E-state index contributed by atoms with van der Waals surface area (Å²) in [4.78, 5) is 0. The van der Waals surface area contributed by atoms with Crippen LogP contribution >= 0.6 is 0 Å². The van der Waals surface area contributed by atoms with Crippen LogP contribution in [0.25, 0.3) is 0 Å². The average molecular weight is 168 g/mol. The van der Waals surface area contributed by atoms with Gasteiger partial charge in [-0.2, -0.15) is 0 Å². The van der Waals surface area contributed by atoms with E-state index in [1.807, 2.05) is 0 Å². The van der Waals surface area contributed by atoms with Crippen molar-refractivity contribution in [3.8, 4) is 0 Å². The van der Waals surface area contributed by atoms with E-state index in [9.17, 15) is 5.11 Å². The molecule has 0 saturated carbocycles. The minimum Gasteiger partial charge on any atom is -0.854 e. The standard InChI is InChI=1S/C8H17O.K/c1-8(2)6-4-3-5-7-9;/h8H,3-7H2,1-2H3;/q-1;+1. The maximum absolute atomic E-state index is 9.97. The third kappa shape index (κ3) is 12.3. The molecule has 0 unspecified atom stereocenters. The van der Waals surface area contributed by atoms with Crippen LogP contribution in [-0.2, 0) is 0 Å². The molecule has 0 aromatic carbocycles. The van der Waals surface area contributed by atoms with Gasteiger partial charge < -0.3 is 5.11 Å². The van der Waals surface area contributed by atoms with E-state index in [0.29, 0.717) is 0 Å². The van der Waals surface area contributed by atoms with Crippen molar-refractivity contribution in [3.63, 3.8) is 0 Å². The van der Waals surface area contributed by atoms with Crippen molar-refractivity contribution in [2.75, 3.05) is 6.61 Å². The molecule has 2 heteroatoms. The zero-order valence-electron chi connectivity index (χ0n) is 7.52. The van der Waals surface area contributed by atoms with Crippen LogP contribution in [0.5, 0.6) is 0 Å². The van der Waals surface area contributed by atoms with Crippen LogP contribution in [0.3, 0.4) is 0 Å². The predicted molar refractivity (Wildman–Crippen MR) is 38.2 cm³/mol. The van der Waals surface area contributed by atoms with Gasteiger partial charge in [0.25, 0.3) is 0 Å². The van der Waals surface area contributed by atoms with Gasteiger partial charge in [0.1, 0.15) is 0 Å². The van der Waals surface area contributed by atoms with Gasteiger partial charge in [-0.3, -0.25) is 0 Å². The monoisotopic (exact) mass is 168 g/mol. The van der Waals surface area contributed by atoms with Gasteiger partial charge in [-0.15, -0.1) is 6.61 Å². The normalized spacial score (nSPS) is 9.60. The first kappa shape index (κ1) is 14.1. The maximum Gasteiger partial charge on any atom is 1.00 e. The molecule has 0 fully saturated rings. The van der Waals surface area contributed by atoms with Gasteiger partial charge in [0, 0.05) is 0 Å². The third-order valence-electron chi connectivity index (χ3n) is 1.43. The molecule has 0 bridgehead atoms. The Bertz CT molecular complexity index is 55.2. The van der Waals surface area contributed by atoms with Gasteiger partial charge in [0.2, 0.25) is 0 Å². The van der Waals surface area contributed by atoms with E-state index in [1.165, 1.54) is 12.8 Å². The summed E-state index contributed by atoms with van der Waals surface area (Å²) in [7, 11) is 0. The Balaban J connectivity index is 0. The van der Waals surface area contributed by atoms with Gasteiger partial charge in [-0.05, 0) is 5.92 Å². The van der Waals surface area contributed by atoms with Crippen molar-refractivity contribution in [1.29, 1.82) is 0 Å². The number of rotatable bonds is 5. The van der Waals surface area contributed by atoms with Crippen molar-refractivity contribution in [1.82, 2.24) is 0 Å². The van der Waals surface area contributed by atoms with E-state index in [2.05, 4.69) is 13.8 Å². The van der Waals surface area contributed by atoms with E-state index >= 15 is 0 Å². The minimum absolute atomic E-state index is 0. The van der Waals surface area contributed by atoms with Gasteiger partial charge >= 0.3 is 51.4 Å². The van der Waals surface area contributed by atoms with E-state index in [1.54, 1.807) is 0 Å². The molecular formula is C8H17KO. The van der Waals surface area contributed by atoms with E-state index in [-0.39, 0.29) is 58.0 Å². The van der Waals surface area contributed by atoms with Gasteiger partial charge in [0.05, 0.1) is 0 Å². The second kappa shape index (κ2) is 10.6. The Morgan fingerprint density at radius 3 is 2.10 bits per heavy atom. The van der Waals surface area contributed by atoms with Crippen molar-refractivity contribution < 1.29 is 56.5 Å². The first-order chi connectivity index (χ1) is 4.27. The molecule has 0 N–H and O–H groups in total. The first-order valence-corrected chi connectivity index (χ1v) is 3.85. The van der Waals surface area contributed by atoms with Crippen LogP contribution in [0.1, 0.15) is 39.5 Å². The fourth-order valence-corrected chi connectivity index (χ4v) is 0.831. The zero-order chi connectivity index (χ0) is 7.11. The molecule has 0 atom stereocenters. The van der Waals surface area contributed by atoms with E-state index in [0.717, 1.165) is 18.8 Å². The summed E-state index contributed by atoms with van der Waals surface area (Å²) in [6, 6.07) is 0. The molecule has 1 nitrogen and oxygen atoms in total. The fraction of sp³-hybridized carbons (Fsp3) is 1.00. The maximum atomic E-state index is 9.97. The summed E-state index contributed by atoms with van der Waals surface area (Å²) >= 11 is 0. The van der Waals surface area contributed by atoms with Crippen molar-refractivity contribution >= 4 is 0 Å². The molecule has 0 aromatic rings. The average Bonchev–Trinajstić information content (AvgIpc) is 1.80. The minimum atomic E-state index is 0. The van der Waals surface area contributed by atoms with Crippen molar-refractivity contribution in [2.24, 2.45) is 5.92 Å². The van der Waals surface area contributed by atoms with Crippen LogP contribution in [0.15, 0.2) is 0 Å². The van der Waals surface area contributed by atoms with E-state index in [4.69, 9.17) is 0 Å². The first-order valence-electron chi connectivity index (χ1n) is 3.85. The Hall–Kier alpha value is 1.60. The Morgan fingerprint density at radius 1 is 1.10 bits per heavy atom. The molecule has 56 valence electrons. The van der Waals surface area contributed by atoms with Crippen LogP contribution in [0, 0.1) is 5.92 Å². The van der Waals surface area contributed by atoms with Crippen LogP contribution in [0.4, 0.5) is 0 Å². The Kier molecular flexibility index (Phi) is 15.0. The Labute approximate surface area is 107 Å². The second-order valence-corrected chi connectivity index (χ2v) is 2.95. The molecule has 0 aliphatic carbocycles. The molecule has 0 radical (unpaired) electrons. The summed E-state index contributed by atoms with van der Waals surface area (Å²) in [6.45, 7) is 4.55. The van der Waals surface area contributed by atoms with Crippen LogP contribution in [-0.4, -0.2) is 6.61 Å². The summed E-state index contributed by atoms with van der Waals surface area (Å²) in [5.74, 6) is 0.802. The topological polar surface area (TPSA) is 23.1 Å². The zero-order valence-corrected chi connectivity index (χ0v) is 10.6. The predicted octanol–water partition coefficient (Wildman–Crippen LogP) is -1.43. The number of hydrogen-bond donors (Lipinski definition) is 0. The smallest absolute Gasteiger partial charge is 0.854 e.